The molecule has 1 fully saturated rings. The summed E-state index contributed by atoms with van der Waals surface area (Å²) in [5.41, 5.74) is 5.58. The van der Waals surface area contributed by atoms with E-state index in [0.717, 1.165) is 0 Å². The third-order valence-corrected chi connectivity index (χ3v) is 2.79. The van der Waals surface area contributed by atoms with Gasteiger partial charge in [0.2, 0.25) is 0 Å². The Morgan fingerprint density at radius 2 is 2.23 bits per heavy atom. The highest BCUT2D eigenvalue weighted by atomic mass is 16.5. The molecule has 4 unspecified atom stereocenters. The summed E-state index contributed by atoms with van der Waals surface area (Å²) in [6.45, 7) is 0.464. The van der Waals surface area contributed by atoms with Gasteiger partial charge in [-0.1, -0.05) is 12.2 Å². The van der Waals surface area contributed by atoms with Crippen LogP contribution in [0.2, 0.25) is 0 Å². The highest BCUT2D eigenvalue weighted by Gasteiger charge is 2.49. The quantitative estimate of drug-likeness (QED) is 0.471. The molecule has 2 aliphatic heterocycles. The van der Waals surface area contributed by atoms with E-state index in [1.54, 1.807) is 0 Å². The number of carbonyl (C=O) groups excluding carboxylic acids is 1. The molecule has 1 saturated heterocycles. The van der Waals surface area contributed by atoms with Gasteiger partial charge in [-0.15, -0.1) is 0 Å². The summed E-state index contributed by atoms with van der Waals surface area (Å²) in [5, 5.41) is 0. The average molecular weight is 183 g/mol. The van der Waals surface area contributed by atoms with Crippen molar-refractivity contribution in [2.24, 2.45) is 17.6 Å². The maximum absolute atomic E-state index is 11.4. The highest BCUT2D eigenvalue weighted by molar-refractivity contribution is 5.74. The first-order valence-electron chi connectivity index (χ1n) is 4.39. The largest absolute Gasteiger partial charge is 0.469 e. The molecule has 0 aromatic carbocycles. The predicted molar refractivity (Wildman–Crippen MR) is 45.9 cm³/mol. The van der Waals surface area contributed by atoms with Crippen LogP contribution in [0.3, 0.4) is 0 Å². The molecule has 4 atom stereocenters. The first-order valence-corrected chi connectivity index (χ1v) is 4.39. The van der Waals surface area contributed by atoms with Crippen LogP contribution in [0, 0.1) is 11.8 Å². The number of ether oxygens (including phenoxy) is 2. The molecule has 4 nitrogen and oxygen atoms in total. The molecule has 0 saturated carbocycles. The van der Waals surface area contributed by atoms with Gasteiger partial charge in [0, 0.05) is 5.92 Å². The number of hydrogen-bond donors (Lipinski definition) is 1. The lowest BCUT2D eigenvalue weighted by Crippen LogP contribution is -2.36. The van der Waals surface area contributed by atoms with Crippen molar-refractivity contribution in [2.75, 3.05) is 13.7 Å². The van der Waals surface area contributed by atoms with Crippen molar-refractivity contribution >= 4 is 5.97 Å². The summed E-state index contributed by atoms with van der Waals surface area (Å²) in [6.07, 6.45) is 3.78. The smallest absolute Gasteiger partial charge is 0.312 e. The van der Waals surface area contributed by atoms with E-state index in [0.29, 0.717) is 6.54 Å². The second kappa shape index (κ2) is 3.12. The first kappa shape index (κ1) is 8.72. The van der Waals surface area contributed by atoms with Crippen molar-refractivity contribution in [1.82, 2.24) is 0 Å². The van der Waals surface area contributed by atoms with Crippen molar-refractivity contribution in [3.8, 4) is 0 Å². The fraction of sp³-hybridized carbons (Fsp3) is 0.667. The van der Waals surface area contributed by atoms with Gasteiger partial charge in [-0.25, -0.2) is 0 Å². The minimum absolute atomic E-state index is 0.0131. The van der Waals surface area contributed by atoms with Gasteiger partial charge in [0.15, 0.2) is 0 Å². The Morgan fingerprint density at radius 3 is 2.85 bits per heavy atom. The standard InChI is InChI=1S/C9H13NO3/c1-12-9(11)8-5(4-10)6-2-3-7(8)13-6/h2-3,5-8H,4,10H2,1H3. The van der Waals surface area contributed by atoms with Crippen LogP contribution in [-0.4, -0.2) is 31.8 Å². The summed E-state index contributed by atoms with van der Waals surface area (Å²) >= 11 is 0. The fourth-order valence-electron chi connectivity index (χ4n) is 2.11. The van der Waals surface area contributed by atoms with E-state index in [4.69, 9.17) is 15.2 Å². The number of hydrogen-bond acceptors (Lipinski definition) is 4. The van der Waals surface area contributed by atoms with Crippen LogP contribution in [0.15, 0.2) is 12.2 Å². The zero-order valence-corrected chi connectivity index (χ0v) is 7.47. The Hall–Kier alpha value is -0.870. The summed E-state index contributed by atoms with van der Waals surface area (Å²) in [5.74, 6) is -0.334. The van der Waals surface area contributed by atoms with Crippen LogP contribution in [0.1, 0.15) is 0 Å². The molecule has 0 radical (unpaired) electrons. The highest BCUT2D eigenvalue weighted by Crippen LogP contribution is 2.38. The Kier molecular flexibility index (Phi) is 2.09. The lowest BCUT2D eigenvalue weighted by atomic mass is 9.83. The number of fused-ring (bicyclic) bond motifs is 2. The van der Waals surface area contributed by atoms with Crippen LogP contribution >= 0.6 is 0 Å². The van der Waals surface area contributed by atoms with Gasteiger partial charge in [-0.2, -0.15) is 0 Å². The molecule has 2 rings (SSSR count). The number of nitrogens with two attached hydrogens (primary N) is 1. The minimum atomic E-state index is -0.215. The Bertz CT molecular complexity index is 251. The molecule has 13 heavy (non-hydrogen) atoms. The van der Waals surface area contributed by atoms with E-state index in [2.05, 4.69) is 0 Å². The Labute approximate surface area is 76.7 Å². The van der Waals surface area contributed by atoms with Crippen LogP contribution in [0.25, 0.3) is 0 Å². The van der Waals surface area contributed by atoms with Crippen LogP contribution in [0.5, 0.6) is 0 Å². The van der Waals surface area contributed by atoms with E-state index in [-0.39, 0.29) is 30.0 Å². The number of methoxy groups -OCH3 is 1. The lowest BCUT2D eigenvalue weighted by molar-refractivity contribution is -0.147. The van der Waals surface area contributed by atoms with Crippen LogP contribution in [-0.2, 0) is 14.3 Å². The van der Waals surface area contributed by atoms with Gasteiger partial charge in [0.1, 0.15) is 0 Å². The zero-order valence-electron chi connectivity index (χ0n) is 7.47. The van der Waals surface area contributed by atoms with Gasteiger partial charge in [-0.05, 0) is 6.54 Å². The Morgan fingerprint density at radius 1 is 1.54 bits per heavy atom. The summed E-state index contributed by atoms with van der Waals surface area (Å²) in [7, 11) is 1.39. The van der Waals surface area contributed by atoms with Crippen molar-refractivity contribution in [3.05, 3.63) is 12.2 Å². The zero-order chi connectivity index (χ0) is 9.42. The third kappa shape index (κ3) is 1.17. The van der Waals surface area contributed by atoms with E-state index < -0.39 is 0 Å². The molecule has 2 heterocycles. The predicted octanol–water partition coefficient (Wildman–Crippen LogP) is -0.312. The van der Waals surface area contributed by atoms with E-state index >= 15 is 0 Å². The van der Waals surface area contributed by atoms with Crippen molar-refractivity contribution in [3.63, 3.8) is 0 Å². The van der Waals surface area contributed by atoms with E-state index in [1.807, 2.05) is 12.2 Å². The number of carbonyl (C=O) groups is 1. The minimum Gasteiger partial charge on any atom is -0.469 e. The normalized spacial score (nSPS) is 41.1. The van der Waals surface area contributed by atoms with Crippen molar-refractivity contribution < 1.29 is 14.3 Å². The SMILES string of the molecule is COC(=O)C1C2C=CC(O2)C1CN. The summed E-state index contributed by atoms with van der Waals surface area (Å²) in [6, 6.07) is 0. The second-order valence-electron chi connectivity index (χ2n) is 3.40. The summed E-state index contributed by atoms with van der Waals surface area (Å²) in [4.78, 5) is 11.4. The molecule has 2 aliphatic rings. The van der Waals surface area contributed by atoms with Gasteiger partial charge in [-0.3, -0.25) is 4.79 Å². The van der Waals surface area contributed by atoms with E-state index in [9.17, 15) is 4.79 Å². The molecule has 4 heteroatoms. The van der Waals surface area contributed by atoms with Gasteiger partial charge >= 0.3 is 5.97 Å². The molecule has 0 aliphatic carbocycles. The number of esters is 1. The lowest BCUT2D eigenvalue weighted by Gasteiger charge is -2.20. The first-order chi connectivity index (χ1) is 6.27. The fourth-order valence-corrected chi connectivity index (χ4v) is 2.11. The molecular formula is C9H13NO3. The van der Waals surface area contributed by atoms with Gasteiger partial charge in [0.05, 0.1) is 25.2 Å². The molecule has 0 spiro atoms. The monoisotopic (exact) mass is 183 g/mol. The maximum Gasteiger partial charge on any atom is 0.312 e. The number of rotatable bonds is 2. The molecule has 2 bridgehead atoms. The maximum atomic E-state index is 11.4. The molecule has 72 valence electrons. The second-order valence-corrected chi connectivity index (χ2v) is 3.40. The Balaban J connectivity index is 2.18. The van der Waals surface area contributed by atoms with Gasteiger partial charge < -0.3 is 15.2 Å². The van der Waals surface area contributed by atoms with Crippen LogP contribution in [0.4, 0.5) is 0 Å². The molecule has 0 aromatic heterocycles. The topological polar surface area (TPSA) is 61.5 Å². The van der Waals surface area contributed by atoms with Crippen LogP contribution < -0.4 is 5.73 Å². The molecule has 0 aromatic rings. The third-order valence-electron chi connectivity index (χ3n) is 2.79. The molecule has 2 N–H and O–H groups in total. The molecular weight excluding hydrogens is 170 g/mol. The van der Waals surface area contributed by atoms with Gasteiger partial charge in [0.25, 0.3) is 0 Å². The van der Waals surface area contributed by atoms with Crippen molar-refractivity contribution in [1.29, 1.82) is 0 Å². The molecule has 0 amide bonds. The summed E-state index contributed by atoms with van der Waals surface area (Å²) < 4.78 is 10.2. The van der Waals surface area contributed by atoms with Crippen molar-refractivity contribution in [2.45, 2.75) is 12.2 Å². The average Bonchev–Trinajstić information content (AvgIpc) is 2.74. The van der Waals surface area contributed by atoms with E-state index in [1.165, 1.54) is 7.11 Å².